The van der Waals surface area contributed by atoms with Crippen LogP contribution in [0.4, 0.5) is 5.69 Å². The number of carbonyl (C=O) groups excluding carboxylic acids is 1. The molecule has 0 bridgehead atoms. The topological polar surface area (TPSA) is 80.5 Å². The van der Waals surface area contributed by atoms with E-state index in [1.165, 1.54) is 11.8 Å². The minimum atomic E-state index is -3.68. The van der Waals surface area contributed by atoms with Gasteiger partial charge in [-0.3, -0.25) is 4.79 Å². The highest BCUT2D eigenvalue weighted by molar-refractivity contribution is 7.92. The smallest absolute Gasteiger partial charge is 0.244 e. The summed E-state index contributed by atoms with van der Waals surface area (Å²) in [5.41, 5.74) is 1.25. The number of benzene rings is 1. The van der Waals surface area contributed by atoms with Crippen LogP contribution in [0, 0.1) is 6.92 Å². The summed E-state index contributed by atoms with van der Waals surface area (Å²) in [5.74, 6) is -0.592. The third-order valence-electron chi connectivity index (χ3n) is 3.38. The standard InChI is InChI=1S/C15H18N2O4S/c1-11-9-14(21-16-11)10-22(19,20)12(2)15(18)17(3)13-7-5-4-6-8-13/h4-9,12H,10H2,1-3H3/t12-/m1/s1. The van der Waals surface area contributed by atoms with Crippen molar-refractivity contribution in [3.63, 3.8) is 0 Å². The summed E-state index contributed by atoms with van der Waals surface area (Å²) in [6, 6.07) is 10.4. The van der Waals surface area contributed by atoms with Gasteiger partial charge in [0.25, 0.3) is 0 Å². The maximum absolute atomic E-state index is 12.4. The molecule has 0 saturated heterocycles. The van der Waals surface area contributed by atoms with Crippen LogP contribution in [0.3, 0.4) is 0 Å². The SMILES string of the molecule is Cc1cc(CS(=O)(=O)[C@H](C)C(=O)N(C)c2ccccc2)on1. The predicted octanol–water partition coefficient (Wildman–Crippen LogP) is 1.95. The number of sulfone groups is 1. The molecule has 7 heteroatoms. The molecule has 6 nitrogen and oxygen atoms in total. The fourth-order valence-electron chi connectivity index (χ4n) is 2.01. The molecule has 0 aliphatic rings. The lowest BCUT2D eigenvalue weighted by molar-refractivity contribution is -0.117. The van der Waals surface area contributed by atoms with Crippen molar-refractivity contribution < 1.29 is 17.7 Å². The second-order valence-electron chi connectivity index (χ2n) is 5.12. The Kier molecular flexibility index (Phi) is 4.65. The first-order valence-corrected chi connectivity index (χ1v) is 8.49. The summed E-state index contributed by atoms with van der Waals surface area (Å²) in [7, 11) is -2.12. The minimum absolute atomic E-state index is 0.236. The third-order valence-corrected chi connectivity index (χ3v) is 5.35. The number of aromatic nitrogens is 1. The van der Waals surface area contributed by atoms with Crippen LogP contribution in [0.2, 0.25) is 0 Å². The Morgan fingerprint density at radius 3 is 2.50 bits per heavy atom. The number of rotatable bonds is 5. The van der Waals surface area contributed by atoms with Gasteiger partial charge in [-0.1, -0.05) is 23.4 Å². The van der Waals surface area contributed by atoms with Crippen LogP contribution in [0.25, 0.3) is 0 Å². The summed E-state index contributed by atoms with van der Waals surface area (Å²) >= 11 is 0. The summed E-state index contributed by atoms with van der Waals surface area (Å²) in [5, 5.41) is 2.49. The van der Waals surface area contributed by atoms with E-state index in [4.69, 9.17) is 4.52 Å². The molecule has 1 amide bonds. The van der Waals surface area contributed by atoms with E-state index in [9.17, 15) is 13.2 Å². The lowest BCUT2D eigenvalue weighted by Gasteiger charge is -2.21. The van der Waals surface area contributed by atoms with E-state index in [1.807, 2.05) is 6.07 Å². The molecule has 1 heterocycles. The molecular weight excluding hydrogens is 304 g/mol. The van der Waals surface area contributed by atoms with Gasteiger partial charge in [-0.25, -0.2) is 8.42 Å². The highest BCUT2D eigenvalue weighted by atomic mass is 32.2. The molecular formula is C15H18N2O4S. The van der Waals surface area contributed by atoms with Crippen LogP contribution >= 0.6 is 0 Å². The van der Waals surface area contributed by atoms with Crippen LogP contribution in [-0.2, 0) is 20.4 Å². The maximum atomic E-state index is 12.4. The Hall–Kier alpha value is -2.15. The second-order valence-corrected chi connectivity index (χ2v) is 7.44. The quantitative estimate of drug-likeness (QED) is 0.840. The van der Waals surface area contributed by atoms with Crippen LogP contribution in [0.15, 0.2) is 40.9 Å². The Bertz CT molecular complexity index is 753. The van der Waals surface area contributed by atoms with Crippen LogP contribution in [0.1, 0.15) is 18.4 Å². The third kappa shape index (κ3) is 3.54. The van der Waals surface area contributed by atoms with Gasteiger partial charge in [-0.05, 0) is 26.0 Å². The molecule has 0 spiro atoms. The van der Waals surface area contributed by atoms with E-state index in [2.05, 4.69) is 5.16 Å². The number of para-hydroxylation sites is 1. The molecule has 1 aromatic carbocycles. The summed E-state index contributed by atoms with van der Waals surface area (Å²) in [6.07, 6.45) is 0. The van der Waals surface area contributed by atoms with Gasteiger partial charge >= 0.3 is 0 Å². The zero-order chi connectivity index (χ0) is 16.3. The van der Waals surface area contributed by atoms with Gasteiger partial charge in [0.15, 0.2) is 15.6 Å². The van der Waals surface area contributed by atoms with Crippen LogP contribution in [0.5, 0.6) is 0 Å². The van der Waals surface area contributed by atoms with Crippen molar-refractivity contribution in [1.82, 2.24) is 5.16 Å². The predicted molar refractivity (Wildman–Crippen MR) is 83.2 cm³/mol. The van der Waals surface area contributed by atoms with Crippen molar-refractivity contribution >= 4 is 21.4 Å². The highest BCUT2D eigenvalue weighted by Gasteiger charge is 2.32. The number of hydrogen-bond acceptors (Lipinski definition) is 5. The summed E-state index contributed by atoms with van der Waals surface area (Å²) in [6.45, 7) is 3.09. The van der Waals surface area contributed by atoms with Crippen molar-refractivity contribution in [2.45, 2.75) is 24.9 Å². The number of hydrogen-bond donors (Lipinski definition) is 0. The minimum Gasteiger partial charge on any atom is -0.360 e. The van der Waals surface area contributed by atoms with E-state index in [0.717, 1.165) is 0 Å². The molecule has 2 rings (SSSR count). The number of nitrogens with zero attached hydrogens (tertiary/aromatic N) is 2. The second kappa shape index (κ2) is 6.31. The Morgan fingerprint density at radius 2 is 1.95 bits per heavy atom. The average Bonchev–Trinajstić information content (AvgIpc) is 2.90. The molecule has 1 aromatic heterocycles. The van der Waals surface area contributed by atoms with Crippen molar-refractivity contribution in [1.29, 1.82) is 0 Å². The van der Waals surface area contributed by atoms with E-state index in [0.29, 0.717) is 11.4 Å². The number of amides is 1. The van der Waals surface area contributed by atoms with Gasteiger partial charge in [-0.2, -0.15) is 0 Å². The van der Waals surface area contributed by atoms with E-state index in [1.54, 1.807) is 44.3 Å². The zero-order valence-electron chi connectivity index (χ0n) is 12.7. The zero-order valence-corrected chi connectivity index (χ0v) is 13.5. The molecule has 0 N–H and O–H groups in total. The largest absolute Gasteiger partial charge is 0.360 e. The fraction of sp³-hybridized carbons (Fsp3) is 0.333. The van der Waals surface area contributed by atoms with E-state index in [-0.39, 0.29) is 11.5 Å². The molecule has 0 aliphatic carbocycles. The van der Waals surface area contributed by atoms with Crippen molar-refractivity contribution in [3.05, 3.63) is 47.9 Å². The molecule has 0 aliphatic heterocycles. The van der Waals surface area contributed by atoms with E-state index < -0.39 is 21.0 Å². The number of carbonyl (C=O) groups is 1. The lowest BCUT2D eigenvalue weighted by Crippen LogP contribution is -2.39. The molecule has 2 aromatic rings. The Balaban J connectivity index is 2.15. The van der Waals surface area contributed by atoms with Gasteiger partial charge in [0, 0.05) is 18.8 Å². The first-order chi connectivity index (χ1) is 10.3. The summed E-state index contributed by atoms with van der Waals surface area (Å²) in [4.78, 5) is 13.7. The molecule has 0 radical (unpaired) electrons. The lowest BCUT2D eigenvalue weighted by atomic mass is 10.3. The van der Waals surface area contributed by atoms with Crippen molar-refractivity contribution in [3.8, 4) is 0 Å². The Morgan fingerprint density at radius 1 is 1.32 bits per heavy atom. The van der Waals surface area contributed by atoms with Crippen LogP contribution < -0.4 is 4.90 Å². The molecule has 1 atom stereocenters. The highest BCUT2D eigenvalue weighted by Crippen LogP contribution is 2.18. The first kappa shape index (κ1) is 16.2. The molecule has 22 heavy (non-hydrogen) atoms. The molecule has 0 unspecified atom stereocenters. The summed E-state index contributed by atoms with van der Waals surface area (Å²) < 4.78 is 29.6. The normalized spacial score (nSPS) is 12.9. The van der Waals surface area contributed by atoms with Gasteiger partial charge in [0.05, 0.1) is 5.69 Å². The maximum Gasteiger partial charge on any atom is 0.244 e. The van der Waals surface area contributed by atoms with Gasteiger partial charge in [0.1, 0.15) is 11.0 Å². The molecule has 0 saturated carbocycles. The van der Waals surface area contributed by atoms with Crippen molar-refractivity contribution in [2.24, 2.45) is 0 Å². The van der Waals surface area contributed by atoms with Gasteiger partial charge in [0.2, 0.25) is 5.91 Å². The molecule has 118 valence electrons. The number of anilines is 1. The molecule has 0 fully saturated rings. The number of aryl methyl sites for hydroxylation is 1. The van der Waals surface area contributed by atoms with Gasteiger partial charge in [-0.15, -0.1) is 0 Å². The van der Waals surface area contributed by atoms with Gasteiger partial charge < -0.3 is 9.42 Å². The monoisotopic (exact) mass is 322 g/mol. The van der Waals surface area contributed by atoms with E-state index >= 15 is 0 Å². The Labute approximate surface area is 129 Å². The fourth-order valence-corrected chi connectivity index (χ4v) is 3.26. The first-order valence-electron chi connectivity index (χ1n) is 6.77. The van der Waals surface area contributed by atoms with Crippen LogP contribution in [-0.4, -0.2) is 31.8 Å². The average molecular weight is 322 g/mol. The van der Waals surface area contributed by atoms with Crippen molar-refractivity contribution in [2.75, 3.05) is 11.9 Å².